The van der Waals surface area contributed by atoms with E-state index in [1.54, 1.807) is 0 Å². The van der Waals surface area contributed by atoms with Gasteiger partial charge in [-0.05, 0) is 19.9 Å². The molecule has 1 amide bonds. The van der Waals surface area contributed by atoms with Crippen LogP contribution >= 0.6 is 11.8 Å². The first-order valence-electron chi connectivity index (χ1n) is 6.04. The number of carbonyl (C=O) groups excluding carboxylic acids is 1. The van der Waals surface area contributed by atoms with Gasteiger partial charge in [-0.3, -0.25) is 15.1 Å². The van der Waals surface area contributed by atoms with E-state index in [-0.39, 0.29) is 5.91 Å². The molecular formula is C12H19N3O2S. The summed E-state index contributed by atoms with van der Waals surface area (Å²) in [6, 6.07) is 2.46. The highest BCUT2D eigenvalue weighted by Gasteiger charge is 2.21. The molecule has 0 bridgehead atoms. The number of nitrogens with one attached hydrogen (secondary N) is 1. The molecule has 1 aromatic rings. The van der Waals surface area contributed by atoms with Crippen molar-refractivity contribution in [1.29, 1.82) is 0 Å². The maximum atomic E-state index is 11.5. The van der Waals surface area contributed by atoms with Crippen LogP contribution in [0.25, 0.3) is 0 Å². The first-order chi connectivity index (χ1) is 8.61. The molecule has 1 aliphatic rings. The summed E-state index contributed by atoms with van der Waals surface area (Å²) >= 11 is 1.98. The summed E-state index contributed by atoms with van der Waals surface area (Å²) in [5.41, 5.74) is 2.92. The van der Waals surface area contributed by atoms with E-state index in [4.69, 9.17) is 10.3 Å². The van der Waals surface area contributed by atoms with Gasteiger partial charge in [0.2, 0.25) is 0 Å². The van der Waals surface area contributed by atoms with Crippen LogP contribution in [0.15, 0.2) is 10.5 Å². The predicted molar refractivity (Wildman–Crippen MR) is 72.3 cm³/mol. The van der Waals surface area contributed by atoms with Crippen molar-refractivity contribution in [2.75, 3.05) is 18.1 Å². The van der Waals surface area contributed by atoms with Gasteiger partial charge < -0.3 is 4.42 Å². The second-order valence-corrected chi connectivity index (χ2v) is 5.74. The maximum absolute atomic E-state index is 11.5. The number of nitrogen functional groups attached to an aromatic ring is 1. The summed E-state index contributed by atoms with van der Waals surface area (Å²) in [5.74, 6) is 8.18. The molecule has 5 nitrogen and oxygen atoms in total. The molecule has 18 heavy (non-hydrogen) atoms. The topological polar surface area (TPSA) is 71.5 Å². The molecule has 1 unspecified atom stereocenters. The van der Waals surface area contributed by atoms with Gasteiger partial charge in [-0.25, -0.2) is 5.84 Å². The predicted octanol–water partition coefficient (Wildman–Crippen LogP) is 1.13. The third-order valence-corrected chi connectivity index (χ3v) is 4.36. The van der Waals surface area contributed by atoms with E-state index in [2.05, 4.69) is 17.2 Å². The Hall–Kier alpha value is -0.980. The highest BCUT2D eigenvalue weighted by atomic mass is 32.2. The first-order valence-corrected chi connectivity index (χ1v) is 7.19. The Balaban J connectivity index is 2.07. The van der Waals surface area contributed by atoms with E-state index in [1.807, 2.05) is 24.8 Å². The summed E-state index contributed by atoms with van der Waals surface area (Å²) in [7, 11) is 0. The monoisotopic (exact) mass is 269 g/mol. The van der Waals surface area contributed by atoms with Crippen LogP contribution in [0.5, 0.6) is 0 Å². The van der Waals surface area contributed by atoms with Gasteiger partial charge in [-0.2, -0.15) is 11.8 Å². The number of hydrazine groups is 1. The van der Waals surface area contributed by atoms with Gasteiger partial charge in [-0.1, -0.05) is 0 Å². The summed E-state index contributed by atoms with van der Waals surface area (Å²) in [6.07, 6.45) is 0. The molecule has 100 valence electrons. The Labute approximate surface area is 111 Å². The molecule has 0 saturated carbocycles. The van der Waals surface area contributed by atoms with Crippen LogP contribution in [0.1, 0.15) is 28.8 Å². The van der Waals surface area contributed by atoms with Crippen LogP contribution in [0.4, 0.5) is 0 Å². The van der Waals surface area contributed by atoms with E-state index in [9.17, 15) is 4.79 Å². The minimum atomic E-state index is -0.374. The highest BCUT2D eigenvalue weighted by molar-refractivity contribution is 7.99. The van der Waals surface area contributed by atoms with Crippen molar-refractivity contribution in [2.24, 2.45) is 5.84 Å². The van der Waals surface area contributed by atoms with Gasteiger partial charge in [-0.15, -0.1) is 0 Å². The number of hydrogen-bond donors (Lipinski definition) is 2. The number of aryl methyl sites for hydroxylation is 1. The molecule has 1 atom stereocenters. The maximum Gasteiger partial charge on any atom is 0.301 e. The average molecular weight is 269 g/mol. The number of nitrogens with zero attached hydrogens (tertiary/aromatic N) is 1. The van der Waals surface area contributed by atoms with Gasteiger partial charge in [0.05, 0.1) is 6.54 Å². The molecule has 6 heteroatoms. The van der Waals surface area contributed by atoms with Crippen LogP contribution in [0, 0.1) is 6.92 Å². The SMILES string of the molecule is Cc1cc(CN2CCSCC2C)oc1C(=O)NN. The molecular weight excluding hydrogens is 250 g/mol. The Kier molecular flexibility index (Phi) is 4.31. The van der Waals surface area contributed by atoms with E-state index < -0.39 is 0 Å². The molecule has 0 spiro atoms. The Morgan fingerprint density at radius 2 is 2.50 bits per heavy atom. The van der Waals surface area contributed by atoms with Gasteiger partial charge in [0.15, 0.2) is 5.76 Å². The number of thioether (sulfide) groups is 1. The smallest absolute Gasteiger partial charge is 0.301 e. The molecule has 2 rings (SSSR count). The number of rotatable bonds is 3. The molecule has 1 fully saturated rings. The highest BCUT2D eigenvalue weighted by Crippen LogP contribution is 2.21. The average Bonchev–Trinajstić information content (AvgIpc) is 2.72. The summed E-state index contributed by atoms with van der Waals surface area (Å²) in [5, 5.41) is 0. The second-order valence-electron chi connectivity index (χ2n) is 4.59. The first kappa shape index (κ1) is 13.5. The minimum absolute atomic E-state index is 0.312. The van der Waals surface area contributed by atoms with E-state index in [0.29, 0.717) is 11.8 Å². The zero-order valence-corrected chi connectivity index (χ0v) is 11.5. The third-order valence-electron chi connectivity index (χ3n) is 3.17. The van der Waals surface area contributed by atoms with Crippen molar-refractivity contribution in [3.05, 3.63) is 23.2 Å². The lowest BCUT2D eigenvalue weighted by molar-refractivity contribution is 0.0920. The van der Waals surface area contributed by atoms with Gasteiger partial charge >= 0.3 is 5.91 Å². The van der Waals surface area contributed by atoms with Crippen molar-refractivity contribution in [2.45, 2.75) is 26.4 Å². The number of furan rings is 1. The fraction of sp³-hybridized carbons (Fsp3) is 0.583. The zero-order valence-electron chi connectivity index (χ0n) is 10.7. The summed E-state index contributed by atoms with van der Waals surface area (Å²) < 4.78 is 5.58. The van der Waals surface area contributed by atoms with Crippen LogP contribution in [-0.4, -0.2) is 34.9 Å². The number of carbonyl (C=O) groups is 1. The number of hydrogen-bond acceptors (Lipinski definition) is 5. The Morgan fingerprint density at radius 1 is 1.72 bits per heavy atom. The minimum Gasteiger partial charge on any atom is -0.454 e. The lowest BCUT2D eigenvalue weighted by Gasteiger charge is -2.32. The largest absolute Gasteiger partial charge is 0.454 e. The molecule has 1 aliphatic heterocycles. The fourth-order valence-electron chi connectivity index (χ4n) is 2.11. The van der Waals surface area contributed by atoms with Gasteiger partial charge in [0, 0.05) is 29.7 Å². The number of nitrogens with two attached hydrogens (primary N) is 1. The van der Waals surface area contributed by atoms with Crippen LogP contribution < -0.4 is 11.3 Å². The molecule has 0 aromatic carbocycles. The normalized spacial score (nSPS) is 20.9. The van der Waals surface area contributed by atoms with Crippen LogP contribution in [0.3, 0.4) is 0 Å². The van der Waals surface area contributed by atoms with Crippen molar-refractivity contribution < 1.29 is 9.21 Å². The fourth-order valence-corrected chi connectivity index (χ4v) is 3.20. The second kappa shape index (κ2) is 5.77. The van der Waals surface area contributed by atoms with E-state index >= 15 is 0 Å². The van der Waals surface area contributed by atoms with Gasteiger partial charge in [0.1, 0.15) is 5.76 Å². The van der Waals surface area contributed by atoms with Crippen molar-refractivity contribution >= 4 is 17.7 Å². The molecule has 1 aromatic heterocycles. The summed E-state index contributed by atoms with van der Waals surface area (Å²) in [4.78, 5) is 13.8. The Morgan fingerprint density at radius 3 is 3.17 bits per heavy atom. The third kappa shape index (κ3) is 2.88. The van der Waals surface area contributed by atoms with Crippen LogP contribution in [0.2, 0.25) is 0 Å². The van der Waals surface area contributed by atoms with Crippen molar-refractivity contribution in [3.63, 3.8) is 0 Å². The van der Waals surface area contributed by atoms with Crippen LogP contribution in [-0.2, 0) is 6.54 Å². The van der Waals surface area contributed by atoms with Crippen molar-refractivity contribution in [1.82, 2.24) is 10.3 Å². The van der Waals surface area contributed by atoms with Gasteiger partial charge in [0.25, 0.3) is 0 Å². The van der Waals surface area contributed by atoms with E-state index in [0.717, 1.165) is 35.9 Å². The molecule has 2 heterocycles. The lowest BCUT2D eigenvalue weighted by atomic mass is 10.2. The quantitative estimate of drug-likeness (QED) is 0.489. The lowest BCUT2D eigenvalue weighted by Crippen LogP contribution is -2.39. The Bertz CT molecular complexity index is 433. The molecule has 3 N–H and O–H groups in total. The van der Waals surface area contributed by atoms with Crippen molar-refractivity contribution in [3.8, 4) is 0 Å². The zero-order chi connectivity index (χ0) is 13.1. The molecule has 1 saturated heterocycles. The molecule has 0 radical (unpaired) electrons. The number of amides is 1. The van der Waals surface area contributed by atoms with E-state index in [1.165, 1.54) is 0 Å². The summed E-state index contributed by atoms with van der Waals surface area (Å²) in [6.45, 7) is 5.88. The molecule has 0 aliphatic carbocycles. The standard InChI is InChI=1S/C12H19N3O2S/c1-8-5-10(17-11(8)12(16)14-13)6-15-3-4-18-7-9(15)2/h5,9H,3-4,6-7,13H2,1-2H3,(H,14,16).